The number of hydrogen-bond acceptors (Lipinski definition) is 4. The Balaban J connectivity index is 1.67. The normalized spacial score (nSPS) is 14.7. The van der Waals surface area contributed by atoms with Crippen LogP contribution < -0.4 is 4.74 Å². The number of amides is 1. The van der Waals surface area contributed by atoms with E-state index in [2.05, 4.69) is 0 Å². The fourth-order valence-corrected chi connectivity index (χ4v) is 3.81. The van der Waals surface area contributed by atoms with E-state index in [1.54, 1.807) is 17.9 Å². The number of carbonyl (C=O) groups excluding carboxylic acids is 2. The van der Waals surface area contributed by atoms with Crippen LogP contribution in [0.1, 0.15) is 23.6 Å². The van der Waals surface area contributed by atoms with Crippen molar-refractivity contribution in [1.82, 2.24) is 4.90 Å². The zero-order valence-corrected chi connectivity index (χ0v) is 18.7. The number of carbonyl (C=O) groups is 2. The molecule has 0 saturated carbocycles. The zero-order chi connectivity index (χ0) is 23.2. The highest BCUT2D eigenvalue weighted by Crippen LogP contribution is 2.34. The summed E-state index contributed by atoms with van der Waals surface area (Å²) in [5.74, 6) is -0.148. The molecule has 0 fully saturated rings. The maximum atomic E-state index is 13.4. The number of hydrogen-bond donors (Lipinski definition) is 0. The highest BCUT2D eigenvalue weighted by atomic mass is 16.5. The first-order chi connectivity index (χ1) is 16.1. The van der Waals surface area contributed by atoms with Gasteiger partial charge in [-0.15, -0.1) is 0 Å². The van der Waals surface area contributed by atoms with E-state index < -0.39 is 5.97 Å². The van der Waals surface area contributed by atoms with E-state index in [0.717, 1.165) is 11.1 Å². The molecule has 3 aromatic carbocycles. The second-order valence-electron chi connectivity index (χ2n) is 7.70. The van der Waals surface area contributed by atoms with Gasteiger partial charge in [-0.2, -0.15) is 0 Å². The number of esters is 1. The first kappa shape index (κ1) is 22.1. The number of rotatable bonds is 7. The fourth-order valence-electron chi connectivity index (χ4n) is 3.81. The highest BCUT2D eigenvalue weighted by molar-refractivity contribution is 6.16. The molecule has 3 aromatic rings. The predicted octanol–water partition coefficient (Wildman–Crippen LogP) is 5.14. The average molecular weight is 440 g/mol. The maximum Gasteiger partial charge on any atom is 0.340 e. The van der Waals surface area contributed by atoms with Crippen LogP contribution in [-0.2, 0) is 27.5 Å². The topological polar surface area (TPSA) is 55.8 Å². The van der Waals surface area contributed by atoms with Crippen LogP contribution in [0.2, 0.25) is 0 Å². The van der Waals surface area contributed by atoms with Gasteiger partial charge in [-0.1, -0.05) is 78.9 Å². The van der Waals surface area contributed by atoms with E-state index in [0.29, 0.717) is 35.7 Å². The Bertz CT molecular complexity index is 1210. The molecule has 0 unspecified atom stereocenters. The molecule has 0 bridgehead atoms. The molecule has 4 rings (SSSR count). The van der Waals surface area contributed by atoms with Crippen LogP contribution in [0.5, 0.6) is 5.75 Å². The van der Waals surface area contributed by atoms with E-state index in [4.69, 9.17) is 9.47 Å². The monoisotopic (exact) mass is 439 g/mol. The van der Waals surface area contributed by atoms with E-state index in [1.807, 2.05) is 84.9 Å². The minimum absolute atomic E-state index is 0.241. The Hall–Kier alpha value is -4.12. The van der Waals surface area contributed by atoms with Crippen molar-refractivity contribution in [3.05, 3.63) is 118 Å². The van der Waals surface area contributed by atoms with Crippen molar-refractivity contribution in [2.24, 2.45) is 0 Å². The summed E-state index contributed by atoms with van der Waals surface area (Å²) in [5, 5.41) is 0. The molecule has 0 atom stereocenters. The van der Waals surface area contributed by atoms with Crippen molar-refractivity contribution in [3.8, 4) is 5.75 Å². The molecule has 5 heteroatoms. The molecule has 1 aliphatic heterocycles. The van der Waals surface area contributed by atoms with Crippen molar-refractivity contribution in [1.29, 1.82) is 0 Å². The van der Waals surface area contributed by atoms with Crippen LogP contribution in [0.3, 0.4) is 0 Å². The zero-order valence-electron chi connectivity index (χ0n) is 18.7. The Morgan fingerprint density at radius 2 is 1.48 bits per heavy atom. The number of para-hydroxylation sites is 1. The van der Waals surface area contributed by atoms with Gasteiger partial charge in [0.05, 0.1) is 24.8 Å². The molecule has 0 aliphatic carbocycles. The lowest BCUT2D eigenvalue weighted by molar-refractivity contribution is -0.136. The second kappa shape index (κ2) is 10.0. The number of nitrogens with zero attached hydrogens (tertiary/aromatic N) is 1. The van der Waals surface area contributed by atoms with Crippen LogP contribution in [0, 0.1) is 0 Å². The summed E-state index contributed by atoms with van der Waals surface area (Å²) in [6, 6.07) is 27.0. The van der Waals surface area contributed by atoms with Gasteiger partial charge in [0.15, 0.2) is 0 Å². The van der Waals surface area contributed by atoms with Gasteiger partial charge in [0.2, 0.25) is 0 Å². The summed E-state index contributed by atoms with van der Waals surface area (Å²) in [6.07, 6.45) is 1.71. The first-order valence-corrected chi connectivity index (χ1v) is 10.7. The number of benzene rings is 3. The lowest BCUT2D eigenvalue weighted by atomic mass is 10.0. The smallest absolute Gasteiger partial charge is 0.340 e. The minimum atomic E-state index is -0.537. The molecule has 1 heterocycles. The quantitative estimate of drug-likeness (QED) is 0.378. The first-order valence-electron chi connectivity index (χ1n) is 10.7. The second-order valence-corrected chi connectivity index (χ2v) is 7.70. The third-order valence-electron chi connectivity index (χ3n) is 5.54. The molecule has 166 valence electrons. The van der Waals surface area contributed by atoms with Crippen LogP contribution in [-0.4, -0.2) is 23.9 Å². The molecule has 0 aromatic heterocycles. The van der Waals surface area contributed by atoms with Crippen molar-refractivity contribution >= 4 is 18.0 Å². The molecule has 0 saturated heterocycles. The molecule has 1 amide bonds. The SMILES string of the molecule is COC(=O)C1=C(C)N(Cc2ccccc2)C(=O)/C1=C\c1ccccc1OCc1ccccc1. The third-order valence-corrected chi connectivity index (χ3v) is 5.54. The standard InChI is InChI=1S/C28H25NO4/c1-20-26(28(31)32-2)24(27(30)29(20)18-21-11-5-3-6-12-21)17-23-15-9-10-16-25(23)33-19-22-13-7-4-8-14-22/h3-17H,18-19H2,1-2H3/b24-17-. The Kier molecular flexibility index (Phi) is 6.69. The molecular weight excluding hydrogens is 414 g/mol. The molecule has 1 aliphatic rings. The number of allylic oxidation sites excluding steroid dienone is 1. The van der Waals surface area contributed by atoms with E-state index in [-0.39, 0.29) is 11.5 Å². The molecule has 0 radical (unpaired) electrons. The van der Waals surface area contributed by atoms with Gasteiger partial charge in [0.25, 0.3) is 5.91 Å². The maximum absolute atomic E-state index is 13.4. The van der Waals surface area contributed by atoms with Crippen LogP contribution in [0.25, 0.3) is 6.08 Å². The molecule has 0 spiro atoms. The Morgan fingerprint density at radius 1 is 0.879 bits per heavy atom. The van der Waals surface area contributed by atoms with Crippen molar-refractivity contribution in [3.63, 3.8) is 0 Å². The van der Waals surface area contributed by atoms with Gasteiger partial charge in [0.1, 0.15) is 12.4 Å². The average Bonchev–Trinajstić information content (AvgIpc) is 3.08. The summed E-state index contributed by atoms with van der Waals surface area (Å²) < 4.78 is 11.0. The molecule has 0 N–H and O–H groups in total. The number of ether oxygens (including phenoxy) is 2. The lowest BCUT2D eigenvalue weighted by Crippen LogP contribution is -2.24. The van der Waals surface area contributed by atoms with Gasteiger partial charge in [-0.05, 0) is 30.2 Å². The molecular formula is C28H25NO4. The van der Waals surface area contributed by atoms with Gasteiger partial charge in [-0.25, -0.2) is 4.79 Å². The summed E-state index contributed by atoms with van der Waals surface area (Å²) in [6.45, 7) is 2.54. The number of methoxy groups -OCH3 is 1. The van der Waals surface area contributed by atoms with E-state index in [1.165, 1.54) is 7.11 Å². The Morgan fingerprint density at radius 3 is 2.15 bits per heavy atom. The summed E-state index contributed by atoms with van der Waals surface area (Å²) in [4.78, 5) is 27.7. The van der Waals surface area contributed by atoms with Gasteiger partial charge in [-0.3, -0.25) is 4.79 Å². The summed E-state index contributed by atoms with van der Waals surface area (Å²) in [7, 11) is 1.32. The van der Waals surface area contributed by atoms with Crippen LogP contribution in [0.4, 0.5) is 0 Å². The van der Waals surface area contributed by atoms with Crippen molar-refractivity contribution < 1.29 is 19.1 Å². The molecule has 5 nitrogen and oxygen atoms in total. The minimum Gasteiger partial charge on any atom is -0.488 e. The highest BCUT2D eigenvalue weighted by Gasteiger charge is 2.37. The van der Waals surface area contributed by atoms with Crippen molar-refractivity contribution in [2.45, 2.75) is 20.1 Å². The predicted molar refractivity (Wildman–Crippen MR) is 127 cm³/mol. The fraction of sp³-hybridized carbons (Fsp3) is 0.143. The van der Waals surface area contributed by atoms with Crippen LogP contribution >= 0.6 is 0 Å². The lowest BCUT2D eigenvalue weighted by Gasteiger charge is -2.18. The van der Waals surface area contributed by atoms with E-state index >= 15 is 0 Å². The van der Waals surface area contributed by atoms with Crippen molar-refractivity contribution in [2.75, 3.05) is 7.11 Å². The van der Waals surface area contributed by atoms with Gasteiger partial charge in [0, 0.05) is 11.3 Å². The van der Waals surface area contributed by atoms with Gasteiger partial charge < -0.3 is 14.4 Å². The third kappa shape index (κ3) is 4.88. The van der Waals surface area contributed by atoms with Gasteiger partial charge >= 0.3 is 5.97 Å². The summed E-state index contributed by atoms with van der Waals surface area (Å²) >= 11 is 0. The summed E-state index contributed by atoms with van der Waals surface area (Å²) in [5.41, 5.74) is 3.87. The molecule has 33 heavy (non-hydrogen) atoms. The van der Waals surface area contributed by atoms with E-state index in [9.17, 15) is 9.59 Å². The Labute approximate surface area is 193 Å². The van der Waals surface area contributed by atoms with Crippen LogP contribution in [0.15, 0.2) is 102 Å². The largest absolute Gasteiger partial charge is 0.488 e.